The zero-order valence-electron chi connectivity index (χ0n) is 7.50. The maximum atomic E-state index is 12.9. The van der Waals surface area contributed by atoms with Crippen LogP contribution in [0.5, 0.6) is 0 Å². The third kappa shape index (κ3) is 2.07. The molecule has 0 spiro atoms. The highest BCUT2D eigenvalue weighted by Gasteiger charge is 2.15. The highest BCUT2D eigenvalue weighted by Crippen LogP contribution is 2.26. The van der Waals surface area contributed by atoms with Crippen molar-refractivity contribution in [1.29, 1.82) is 0 Å². The number of benzene rings is 1. The van der Waals surface area contributed by atoms with Crippen LogP contribution >= 0.6 is 0 Å². The van der Waals surface area contributed by atoms with Gasteiger partial charge in [0.15, 0.2) is 0 Å². The predicted molar refractivity (Wildman–Crippen MR) is 49.2 cm³/mol. The Bertz CT molecular complexity index is 279. The van der Waals surface area contributed by atoms with Gasteiger partial charge in [0, 0.05) is 13.2 Å². The number of halogens is 1. The molecule has 0 radical (unpaired) electrons. The lowest BCUT2D eigenvalue weighted by Crippen LogP contribution is -2.14. The lowest BCUT2D eigenvalue weighted by Gasteiger charge is -2.22. The van der Waals surface area contributed by atoms with Crippen molar-refractivity contribution in [3.05, 3.63) is 35.6 Å². The number of hydrogen-bond acceptors (Lipinski definition) is 1. The number of hydrogen-bond donors (Lipinski definition) is 0. The summed E-state index contributed by atoms with van der Waals surface area (Å²) in [5, 5.41) is 0. The summed E-state index contributed by atoms with van der Waals surface area (Å²) < 4.78 is 18.1. The molecule has 1 aliphatic heterocycles. The van der Waals surface area contributed by atoms with Crippen LogP contribution in [0.2, 0.25) is 0 Å². The van der Waals surface area contributed by atoms with Crippen LogP contribution in [0.15, 0.2) is 24.3 Å². The van der Waals surface area contributed by atoms with Crippen molar-refractivity contribution in [3.8, 4) is 0 Å². The fraction of sp³-hybridized carbons (Fsp3) is 0.455. The fourth-order valence-corrected chi connectivity index (χ4v) is 1.79. The molecule has 0 bridgehead atoms. The van der Waals surface area contributed by atoms with Gasteiger partial charge in [-0.1, -0.05) is 12.1 Å². The van der Waals surface area contributed by atoms with Crippen molar-refractivity contribution >= 4 is 0 Å². The van der Waals surface area contributed by atoms with Crippen LogP contribution in [0, 0.1) is 5.82 Å². The van der Waals surface area contributed by atoms with Crippen molar-refractivity contribution in [2.45, 2.75) is 18.8 Å². The van der Waals surface area contributed by atoms with Crippen molar-refractivity contribution in [1.82, 2.24) is 0 Å². The van der Waals surface area contributed by atoms with Gasteiger partial charge in [0.05, 0.1) is 0 Å². The molecule has 0 aromatic heterocycles. The van der Waals surface area contributed by atoms with Crippen molar-refractivity contribution < 1.29 is 9.13 Å². The molecule has 13 heavy (non-hydrogen) atoms. The number of ether oxygens (including phenoxy) is 1. The van der Waals surface area contributed by atoms with Gasteiger partial charge in [-0.2, -0.15) is 0 Å². The van der Waals surface area contributed by atoms with E-state index in [0.717, 1.165) is 31.6 Å². The first-order valence-electron chi connectivity index (χ1n) is 4.69. The minimum Gasteiger partial charge on any atom is -0.381 e. The molecule has 70 valence electrons. The first kappa shape index (κ1) is 8.70. The molecule has 0 amide bonds. The summed E-state index contributed by atoms with van der Waals surface area (Å²) in [6.07, 6.45) is 2.03. The van der Waals surface area contributed by atoms with Gasteiger partial charge in [-0.25, -0.2) is 4.39 Å². The van der Waals surface area contributed by atoms with Gasteiger partial charge in [-0.3, -0.25) is 0 Å². The average molecular weight is 180 g/mol. The Balaban J connectivity index is 2.14. The van der Waals surface area contributed by atoms with Crippen molar-refractivity contribution in [2.75, 3.05) is 13.2 Å². The maximum absolute atomic E-state index is 12.9. The van der Waals surface area contributed by atoms with Gasteiger partial charge in [0.25, 0.3) is 0 Å². The normalized spacial score (nSPS) is 18.8. The van der Waals surface area contributed by atoms with Crippen molar-refractivity contribution in [3.63, 3.8) is 0 Å². The summed E-state index contributed by atoms with van der Waals surface area (Å²) in [6, 6.07) is 6.90. The molecule has 2 rings (SSSR count). The second kappa shape index (κ2) is 3.88. The summed E-state index contributed by atoms with van der Waals surface area (Å²) in [6.45, 7) is 1.61. The first-order chi connectivity index (χ1) is 6.36. The Hall–Kier alpha value is -0.890. The minimum absolute atomic E-state index is 0.135. The Morgan fingerprint density at radius 2 is 2.00 bits per heavy atom. The van der Waals surface area contributed by atoms with E-state index in [1.54, 1.807) is 12.1 Å². The molecule has 1 nitrogen and oxygen atoms in total. The highest BCUT2D eigenvalue weighted by atomic mass is 19.1. The van der Waals surface area contributed by atoms with Crippen LogP contribution in [0.25, 0.3) is 0 Å². The van der Waals surface area contributed by atoms with Gasteiger partial charge < -0.3 is 4.74 Å². The van der Waals surface area contributed by atoms with Crippen molar-refractivity contribution in [2.24, 2.45) is 0 Å². The zero-order valence-corrected chi connectivity index (χ0v) is 7.50. The fourth-order valence-electron chi connectivity index (χ4n) is 1.79. The molecule has 2 heteroatoms. The largest absolute Gasteiger partial charge is 0.381 e. The topological polar surface area (TPSA) is 9.23 Å². The predicted octanol–water partition coefficient (Wildman–Crippen LogP) is 2.72. The molecule has 0 N–H and O–H groups in total. The summed E-state index contributed by atoms with van der Waals surface area (Å²) in [5.41, 5.74) is 1.11. The maximum Gasteiger partial charge on any atom is 0.123 e. The highest BCUT2D eigenvalue weighted by molar-refractivity contribution is 5.20. The summed E-state index contributed by atoms with van der Waals surface area (Å²) in [7, 11) is 0. The molecule has 1 aromatic carbocycles. The Morgan fingerprint density at radius 3 is 2.69 bits per heavy atom. The second-order valence-electron chi connectivity index (χ2n) is 3.44. The summed E-state index contributed by atoms with van der Waals surface area (Å²) >= 11 is 0. The van der Waals surface area contributed by atoms with Crippen LogP contribution in [0.3, 0.4) is 0 Å². The SMILES string of the molecule is Fc1cccc(C2CCOCC2)c1. The molecule has 1 saturated heterocycles. The monoisotopic (exact) mass is 180 g/mol. The molecule has 1 aliphatic rings. The first-order valence-corrected chi connectivity index (χ1v) is 4.69. The Morgan fingerprint density at radius 1 is 1.23 bits per heavy atom. The van der Waals surface area contributed by atoms with Gasteiger partial charge in [0.2, 0.25) is 0 Å². The summed E-state index contributed by atoms with van der Waals surface area (Å²) in [4.78, 5) is 0. The average Bonchev–Trinajstić information content (AvgIpc) is 2.19. The molecule has 0 saturated carbocycles. The van der Waals surface area contributed by atoms with Crippen LogP contribution in [0.4, 0.5) is 4.39 Å². The van der Waals surface area contributed by atoms with E-state index in [1.165, 1.54) is 6.07 Å². The lowest BCUT2D eigenvalue weighted by atomic mass is 9.92. The van der Waals surface area contributed by atoms with Crippen LogP contribution < -0.4 is 0 Å². The molecule has 0 aliphatic carbocycles. The summed E-state index contributed by atoms with van der Waals surface area (Å²) in [5.74, 6) is 0.355. The van der Waals surface area contributed by atoms with E-state index in [2.05, 4.69) is 0 Å². The van der Waals surface area contributed by atoms with Gasteiger partial charge >= 0.3 is 0 Å². The molecule has 1 fully saturated rings. The van der Waals surface area contributed by atoms with Gasteiger partial charge in [-0.15, -0.1) is 0 Å². The lowest BCUT2D eigenvalue weighted by molar-refractivity contribution is 0.0853. The Labute approximate surface area is 77.5 Å². The van der Waals surface area contributed by atoms with Crippen LogP contribution in [-0.4, -0.2) is 13.2 Å². The minimum atomic E-state index is -0.135. The van der Waals surface area contributed by atoms with E-state index in [0.29, 0.717) is 5.92 Å². The molecule has 1 heterocycles. The van der Waals surface area contributed by atoms with Crippen LogP contribution in [-0.2, 0) is 4.74 Å². The zero-order chi connectivity index (χ0) is 9.10. The van der Waals surface area contributed by atoms with E-state index in [-0.39, 0.29) is 5.82 Å². The van der Waals surface area contributed by atoms with E-state index in [9.17, 15) is 4.39 Å². The van der Waals surface area contributed by atoms with E-state index >= 15 is 0 Å². The number of rotatable bonds is 1. The standard InChI is InChI=1S/C11H13FO/c12-11-3-1-2-10(8-11)9-4-6-13-7-5-9/h1-3,8-9H,4-7H2. The molecular weight excluding hydrogens is 167 g/mol. The smallest absolute Gasteiger partial charge is 0.123 e. The second-order valence-corrected chi connectivity index (χ2v) is 3.44. The van der Waals surface area contributed by atoms with E-state index < -0.39 is 0 Å². The molecule has 0 unspecified atom stereocenters. The molecule has 0 atom stereocenters. The molecular formula is C11H13FO. The third-order valence-corrected chi connectivity index (χ3v) is 2.54. The van der Waals surface area contributed by atoms with E-state index in [1.807, 2.05) is 6.07 Å². The van der Waals surface area contributed by atoms with Gasteiger partial charge in [-0.05, 0) is 36.5 Å². The quantitative estimate of drug-likeness (QED) is 0.645. The van der Waals surface area contributed by atoms with Gasteiger partial charge in [0.1, 0.15) is 5.82 Å². The van der Waals surface area contributed by atoms with Crippen LogP contribution in [0.1, 0.15) is 24.3 Å². The van der Waals surface area contributed by atoms with E-state index in [4.69, 9.17) is 4.74 Å². The Kier molecular flexibility index (Phi) is 2.60. The molecule has 1 aromatic rings. The third-order valence-electron chi connectivity index (χ3n) is 2.54.